The second-order valence-electron chi connectivity index (χ2n) is 10.5. The SMILES string of the molecule is C=C(/C(C)=C\n1nc([C@@H]2CCCCN2C(=C)c2cc(C)ccc2NS(C)(=O)=O)cc1C)N1CC(COI)C1.CC. The van der Waals surface area contributed by atoms with Crippen molar-refractivity contribution in [3.8, 4) is 0 Å². The van der Waals surface area contributed by atoms with Crippen molar-refractivity contribution in [1.29, 1.82) is 0 Å². The van der Waals surface area contributed by atoms with Crippen LogP contribution in [0, 0.1) is 19.8 Å². The molecule has 1 atom stereocenters. The minimum atomic E-state index is -3.42. The van der Waals surface area contributed by atoms with Gasteiger partial charge in [0.05, 0.1) is 30.3 Å². The van der Waals surface area contributed by atoms with E-state index in [9.17, 15) is 8.42 Å². The highest BCUT2D eigenvalue weighted by molar-refractivity contribution is 14.1. The number of benzene rings is 1. The molecule has 0 amide bonds. The highest BCUT2D eigenvalue weighted by Gasteiger charge is 2.30. The second-order valence-corrected chi connectivity index (χ2v) is 12.9. The predicted octanol–water partition coefficient (Wildman–Crippen LogP) is 6.77. The number of piperidine rings is 1. The molecule has 0 spiro atoms. The van der Waals surface area contributed by atoms with Crippen LogP contribution in [0.4, 0.5) is 5.69 Å². The summed E-state index contributed by atoms with van der Waals surface area (Å²) >= 11 is 1.95. The molecule has 10 heteroatoms. The van der Waals surface area contributed by atoms with Crippen LogP contribution in [0.15, 0.2) is 48.7 Å². The Morgan fingerprint density at radius 1 is 1.20 bits per heavy atom. The van der Waals surface area contributed by atoms with Gasteiger partial charge in [-0.1, -0.05) is 38.6 Å². The third-order valence-corrected chi connectivity index (χ3v) is 8.27. The number of hydrogen-bond acceptors (Lipinski definition) is 6. The lowest BCUT2D eigenvalue weighted by Crippen LogP contribution is -2.47. The summed E-state index contributed by atoms with van der Waals surface area (Å²) in [5.74, 6) is 0.557. The molecule has 0 bridgehead atoms. The monoisotopic (exact) mass is 681 g/mol. The van der Waals surface area contributed by atoms with Crippen molar-refractivity contribution in [2.45, 2.75) is 59.9 Å². The zero-order chi connectivity index (χ0) is 29.6. The number of hydrogen-bond donors (Lipinski definition) is 1. The van der Waals surface area contributed by atoms with Crippen molar-refractivity contribution < 1.29 is 11.5 Å². The number of nitrogens with zero attached hydrogens (tertiary/aromatic N) is 4. The van der Waals surface area contributed by atoms with E-state index < -0.39 is 10.0 Å². The number of likely N-dealkylation sites (tertiary alicyclic amines) is 2. The topological polar surface area (TPSA) is 79.7 Å². The minimum Gasteiger partial charge on any atom is -0.371 e. The van der Waals surface area contributed by atoms with E-state index in [4.69, 9.17) is 8.16 Å². The first kappa shape index (κ1) is 32.2. The first-order valence-electron chi connectivity index (χ1n) is 13.9. The summed E-state index contributed by atoms with van der Waals surface area (Å²) in [6, 6.07) is 7.92. The Kier molecular flexibility index (Phi) is 11.3. The largest absolute Gasteiger partial charge is 0.371 e. The Balaban J connectivity index is 0.00000216. The van der Waals surface area contributed by atoms with Crippen LogP contribution in [0.3, 0.4) is 0 Å². The summed E-state index contributed by atoms with van der Waals surface area (Å²) in [5, 5.41) is 4.99. The fourth-order valence-electron chi connectivity index (χ4n) is 5.20. The van der Waals surface area contributed by atoms with E-state index in [0.717, 1.165) is 85.0 Å². The molecule has 0 aliphatic carbocycles. The number of anilines is 1. The molecule has 2 aromatic rings. The van der Waals surface area contributed by atoms with Crippen LogP contribution in [-0.4, -0.2) is 60.5 Å². The zero-order valence-corrected chi connectivity index (χ0v) is 27.7. The number of halogens is 1. The van der Waals surface area contributed by atoms with E-state index in [-0.39, 0.29) is 6.04 Å². The molecule has 3 heterocycles. The summed E-state index contributed by atoms with van der Waals surface area (Å²) < 4.78 is 33.9. The molecule has 8 nitrogen and oxygen atoms in total. The maximum Gasteiger partial charge on any atom is 0.229 e. The molecule has 2 aliphatic rings. The number of sulfonamides is 1. The van der Waals surface area contributed by atoms with Crippen LogP contribution in [0.5, 0.6) is 0 Å². The Morgan fingerprint density at radius 3 is 2.55 bits per heavy atom. The van der Waals surface area contributed by atoms with Crippen molar-refractivity contribution in [2.75, 3.05) is 37.2 Å². The van der Waals surface area contributed by atoms with Crippen LogP contribution in [0.2, 0.25) is 0 Å². The maximum absolute atomic E-state index is 12.0. The standard InChI is InChI=1S/C28H38IN5O3S.C2H6/c1-19-10-11-26(31-38(6,35)36)25(13-19)23(5)33-12-8-7-9-28(33)27-14-21(3)34(30-27)15-20(2)22(4)32-16-24(17-32)18-37-29;1-2/h10-11,13-15,24,28,31H,4-5,7-9,12,16-18H2,1-3,6H3;1-2H3/b20-15-;/t28-;/m0./s1. The molecule has 40 heavy (non-hydrogen) atoms. The summed E-state index contributed by atoms with van der Waals surface area (Å²) in [4.78, 5) is 4.56. The summed E-state index contributed by atoms with van der Waals surface area (Å²) in [6.07, 6.45) is 6.33. The van der Waals surface area contributed by atoms with Crippen molar-refractivity contribution >= 4 is 50.6 Å². The molecular weight excluding hydrogens is 637 g/mol. The Hall–Kier alpha value is -2.31. The van der Waals surface area contributed by atoms with Crippen LogP contribution < -0.4 is 4.72 Å². The average Bonchev–Trinajstić information content (AvgIpc) is 3.26. The quantitative estimate of drug-likeness (QED) is 0.221. The fourth-order valence-corrected chi connectivity index (χ4v) is 6.29. The normalized spacial score (nSPS) is 18.1. The van der Waals surface area contributed by atoms with Gasteiger partial charge in [0.1, 0.15) is 23.0 Å². The summed E-state index contributed by atoms with van der Waals surface area (Å²) in [7, 11) is -3.42. The summed E-state index contributed by atoms with van der Waals surface area (Å²) in [6.45, 7) is 22.4. The lowest BCUT2D eigenvalue weighted by Gasteiger charge is -2.41. The van der Waals surface area contributed by atoms with Gasteiger partial charge in [0.2, 0.25) is 10.0 Å². The molecule has 2 fully saturated rings. The molecule has 0 unspecified atom stereocenters. The molecule has 220 valence electrons. The van der Waals surface area contributed by atoms with Gasteiger partial charge in [0.15, 0.2) is 0 Å². The van der Waals surface area contributed by atoms with E-state index in [2.05, 4.69) is 53.8 Å². The van der Waals surface area contributed by atoms with Gasteiger partial charge in [-0.05, 0) is 63.8 Å². The van der Waals surface area contributed by atoms with Crippen LogP contribution >= 0.6 is 23.0 Å². The van der Waals surface area contributed by atoms with Gasteiger partial charge >= 0.3 is 0 Å². The van der Waals surface area contributed by atoms with E-state index in [1.54, 1.807) is 0 Å². The molecule has 1 aromatic heterocycles. The van der Waals surface area contributed by atoms with Gasteiger partial charge in [-0.15, -0.1) is 0 Å². The van der Waals surface area contributed by atoms with Crippen molar-refractivity contribution in [3.63, 3.8) is 0 Å². The van der Waals surface area contributed by atoms with Crippen LogP contribution in [0.25, 0.3) is 11.9 Å². The number of aromatic nitrogens is 2. The van der Waals surface area contributed by atoms with E-state index in [1.165, 1.54) is 6.26 Å². The zero-order valence-electron chi connectivity index (χ0n) is 24.7. The molecule has 0 radical (unpaired) electrons. The van der Waals surface area contributed by atoms with Crippen LogP contribution in [-0.2, 0) is 13.1 Å². The fraction of sp³-hybridized carbons (Fsp3) is 0.500. The first-order valence-corrected chi connectivity index (χ1v) is 16.7. The molecule has 2 aliphatic heterocycles. The first-order chi connectivity index (χ1) is 19.0. The third kappa shape index (κ3) is 7.91. The minimum absolute atomic E-state index is 0.0594. The average molecular weight is 682 g/mol. The highest BCUT2D eigenvalue weighted by atomic mass is 127. The van der Waals surface area contributed by atoms with Crippen LogP contribution in [0.1, 0.15) is 68.6 Å². The highest BCUT2D eigenvalue weighted by Crippen LogP contribution is 2.38. The van der Waals surface area contributed by atoms with Crippen molar-refractivity contribution in [1.82, 2.24) is 19.6 Å². The molecule has 1 aromatic carbocycles. The van der Waals surface area contributed by atoms with Gasteiger partial charge in [-0.3, -0.25) is 4.72 Å². The Labute approximate surface area is 254 Å². The third-order valence-electron chi connectivity index (χ3n) is 7.32. The molecule has 4 rings (SSSR count). The van der Waals surface area contributed by atoms with Gasteiger partial charge in [-0.2, -0.15) is 5.10 Å². The Bertz CT molecular complexity index is 1350. The van der Waals surface area contributed by atoms with Gasteiger partial charge in [0, 0.05) is 54.4 Å². The number of aryl methyl sites for hydroxylation is 2. The van der Waals surface area contributed by atoms with Crippen molar-refractivity contribution in [2.24, 2.45) is 5.92 Å². The molecule has 2 saturated heterocycles. The molecule has 0 saturated carbocycles. The lowest BCUT2D eigenvalue weighted by molar-refractivity contribution is 0.112. The van der Waals surface area contributed by atoms with E-state index >= 15 is 0 Å². The van der Waals surface area contributed by atoms with E-state index in [1.807, 2.05) is 66.7 Å². The number of nitrogens with one attached hydrogen (secondary N) is 1. The Morgan fingerprint density at radius 2 is 1.90 bits per heavy atom. The lowest BCUT2D eigenvalue weighted by atomic mass is 9.96. The van der Waals surface area contributed by atoms with Crippen molar-refractivity contribution in [3.05, 3.63) is 71.2 Å². The van der Waals surface area contributed by atoms with E-state index in [0.29, 0.717) is 11.6 Å². The smallest absolute Gasteiger partial charge is 0.229 e. The maximum atomic E-state index is 12.0. The van der Waals surface area contributed by atoms with Gasteiger partial charge in [0.25, 0.3) is 0 Å². The van der Waals surface area contributed by atoms with Gasteiger partial charge < -0.3 is 12.9 Å². The molecule has 1 N–H and O–H groups in total. The number of rotatable bonds is 10. The number of allylic oxidation sites excluding steroid dienone is 1. The van der Waals surface area contributed by atoms with Gasteiger partial charge in [-0.25, -0.2) is 13.1 Å². The molecular formula is C30H44IN5O3S. The predicted molar refractivity (Wildman–Crippen MR) is 174 cm³/mol. The summed E-state index contributed by atoms with van der Waals surface area (Å²) in [5.41, 5.74) is 7.34. The second kappa shape index (κ2) is 14.0.